The van der Waals surface area contributed by atoms with Crippen molar-refractivity contribution in [2.24, 2.45) is 10.2 Å². The highest BCUT2D eigenvalue weighted by Crippen LogP contribution is 2.23. The number of nitrogens with one attached hydrogen (secondary N) is 2. The van der Waals surface area contributed by atoms with E-state index >= 15 is 0 Å². The van der Waals surface area contributed by atoms with Crippen LogP contribution in [-0.4, -0.2) is 80.1 Å². The van der Waals surface area contributed by atoms with Gasteiger partial charge in [-0.25, -0.2) is 0 Å². The van der Waals surface area contributed by atoms with E-state index in [-0.39, 0.29) is 12.1 Å². The molecule has 1 atom stereocenters. The maximum absolute atomic E-state index is 11.0. The summed E-state index contributed by atoms with van der Waals surface area (Å²) in [6, 6.07) is 7.79. The van der Waals surface area contributed by atoms with Crippen molar-refractivity contribution in [1.82, 2.24) is 25.3 Å². The number of rotatable bonds is 12. The Balaban J connectivity index is 1.73. The highest BCUT2D eigenvalue weighted by Gasteiger charge is 2.24. The Morgan fingerprint density at radius 1 is 1.32 bits per heavy atom. The summed E-state index contributed by atoms with van der Waals surface area (Å²) in [6.45, 7) is 10.3. The molecule has 2 heterocycles. The molecule has 37 heavy (non-hydrogen) atoms. The third-order valence-electron chi connectivity index (χ3n) is 6.61. The first-order valence-electron chi connectivity index (χ1n) is 13.0. The third-order valence-corrected chi connectivity index (χ3v) is 6.61. The molecule has 204 valence electrons. The number of hydrogen-bond donors (Lipinski definition) is 2. The van der Waals surface area contributed by atoms with Gasteiger partial charge in [-0.15, -0.1) is 0 Å². The lowest BCUT2D eigenvalue weighted by Gasteiger charge is -2.31. The number of benzene rings is 1. The lowest BCUT2D eigenvalue weighted by Crippen LogP contribution is -2.37. The van der Waals surface area contributed by atoms with Gasteiger partial charge in [0.25, 0.3) is 0 Å². The van der Waals surface area contributed by atoms with Crippen LogP contribution in [0.2, 0.25) is 0 Å². The summed E-state index contributed by atoms with van der Waals surface area (Å²) in [6.07, 6.45) is 4.11. The van der Waals surface area contributed by atoms with Crippen LogP contribution in [0.1, 0.15) is 50.4 Å². The van der Waals surface area contributed by atoms with E-state index in [1.54, 1.807) is 14.1 Å². The predicted molar refractivity (Wildman–Crippen MR) is 147 cm³/mol. The fourth-order valence-corrected chi connectivity index (χ4v) is 4.60. The molecule has 0 bridgehead atoms. The van der Waals surface area contributed by atoms with Crippen LogP contribution >= 0.6 is 0 Å². The highest BCUT2D eigenvalue weighted by molar-refractivity contribution is 5.99. The molecule has 10 heteroatoms. The van der Waals surface area contributed by atoms with Crippen LogP contribution in [0.15, 0.2) is 40.6 Å². The number of hydrogen-bond acceptors (Lipinski definition) is 8. The average molecular weight is 514 g/mol. The van der Waals surface area contributed by atoms with Gasteiger partial charge in [0.05, 0.1) is 24.0 Å². The Labute approximate surface area is 220 Å². The van der Waals surface area contributed by atoms with Crippen molar-refractivity contribution in [3.63, 3.8) is 0 Å². The fraction of sp³-hybridized carbons (Fsp3) is 0.630. The van der Waals surface area contributed by atoms with Crippen molar-refractivity contribution in [2.45, 2.75) is 64.3 Å². The minimum absolute atomic E-state index is 0.152. The van der Waals surface area contributed by atoms with E-state index in [4.69, 9.17) is 14.6 Å². The normalized spacial score (nSPS) is 16.1. The summed E-state index contributed by atoms with van der Waals surface area (Å²) in [4.78, 5) is 17.9. The summed E-state index contributed by atoms with van der Waals surface area (Å²) in [5, 5.41) is 14.4. The van der Waals surface area contributed by atoms with Gasteiger partial charge < -0.3 is 20.1 Å². The molecule has 3 rings (SSSR count). The number of likely N-dealkylation sites (N-methyl/N-ethyl adjacent to an activating group) is 1. The van der Waals surface area contributed by atoms with Gasteiger partial charge >= 0.3 is 0 Å². The van der Waals surface area contributed by atoms with Crippen LogP contribution in [0.3, 0.4) is 0 Å². The van der Waals surface area contributed by atoms with E-state index in [0.29, 0.717) is 24.9 Å². The SMILES string of the molecule is CN=C(NCc1c(CN(C)C2CCOCC2)cnn1C(C)(C)C)c1cccc(OC[C@H](CNC)N=O)c1. The van der Waals surface area contributed by atoms with Gasteiger partial charge in [-0.1, -0.05) is 17.3 Å². The maximum Gasteiger partial charge on any atom is 0.138 e. The second-order valence-corrected chi connectivity index (χ2v) is 10.5. The molecule has 0 unspecified atom stereocenters. The second-order valence-electron chi connectivity index (χ2n) is 10.5. The van der Waals surface area contributed by atoms with E-state index in [1.165, 1.54) is 5.56 Å². The molecule has 2 N–H and O–H groups in total. The average Bonchev–Trinajstić information content (AvgIpc) is 3.30. The van der Waals surface area contributed by atoms with Gasteiger partial charge in [-0.05, 0) is 59.8 Å². The Hall–Kier alpha value is -2.82. The lowest BCUT2D eigenvalue weighted by molar-refractivity contribution is 0.0406. The number of ether oxygens (including phenoxy) is 2. The van der Waals surface area contributed by atoms with E-state index in [1.807, 2.05) is 30.5 Å². The Morgan fingerprint density at radius 2 is 2.08 bits per heavy atom. The monoisotopic (exact) mass is 513 g/mol. The molecule has 0 spiro atoms. The number of aliphatic imine (C=N–C) groups is 1. The van der Waals surface area contributed by atoms with Crippen LogP contribution in [0.4, 0.5) is 0 Å². The molecule has 0 saturated carbocycles. The number of aromatic nitrogens is 2. The molecule has 1 aliphatic heterocycles. The smallest absolute Gasteiger partial charge is 0.138 e. The van der Waals surface area contributed by atoms with E-state index in [2.05, 4.69) is 58.2 Å². The van der Waals surface area contributed by atoms with Crippen molar-refractivity contribution in [3.8, 4) is 5.75 Å². The van der Waals surface area contributed by atoms with Crippen LogP contribution in [0.5, 0.6) is 5.75 Å². The molecule has 0 amide bonds. The van der Waals surface area contributed by atoms with E-state index < -0.39 is 6.04 Å². The first-order chi connectivity index (χ1) is 17.8. The van der Waals surface area contributed by atoms with E-state index in [9.17, 15) is 4.91 Å². The standard InChI is InChI=1S/C27H43N7O3/c1-27(2,3)34-25(21(15-31-34)18-33(6)23-10-12-36-13-11-23)17-30-26(29-5)20-8-7-9-24(14-20)37-19-22(32-35)16-28-4/h7-9,14-15,22-23,28H,10-13,16-19H2,1-6H3,(H,29,30)/t22-/m0/s1. The molecule has 1 aromatic carbocycles. The molecule has 1 aromatic heterocycles. The highest BCUT2D eigenvalue weighted by atomic mass is 16.5. The van der Waals surface area contributed by atoms with Gasteiger partial charge in [-0.3, -0.25) is 14.6 Å². The predicted octanol–water partition coefficient (Wildman–Crippen LogP) is 3.15. The maximum atomic E-state index is 11.0. The summed E-state index contributed by atoms with van der Waals surface area (Å²) in [5.74, 6) is 1.43. The summed E-state index contributed by atoms with van der Waals surface area (Å²) >= 11 is 0. The first kappa shape index (κ1) is 28.7. The largest absolute Gasteiger partial charge is 0.491 e. The summed E-state index contributed by atoms with van der Waals surface area (Å²) in [7, 11) is 5.75. The molecule has 0 aliphatic carbocycles. The molecule has 0 radical (unpaired) electrons. The third kappa shape index (κ3) is 8.08. The zero-order valence-electron chi connectivity index (χ0n) is 23.2. The van der Waals surface area contributed by atoms with Gasteiger partial charge in [0.1, 0.15) is 24.2 Å². The molecular formula is C27H43N7O3. The van der Waals surface area contributed by atoms with Crippen molar-refractivity contribution in [1.29, 1.82) is 0 Å². The van der Waals surface area contributed by atoms with Crippen molar-refractivity contribution in [2.75, 3.05) is 47.5 Å². The van der Waals surface area contributed by atoms with Crippen LogP contribution < -0.4 is 15.4 Å². The van der Waals surface area contributed by atoms with Gasteiger partial charge in [0, 0.05) is 50.5 Å². The number of nitroso groups, excluding NO2 is 1. The molecule has 1 aliphatic rings. The van der Waals surface area contributed by atoms with Gasteiger partial charge in [-0.2, -0.15) is 10.0 Å². The van der Waals surface area contributed by atoms with Crippen molar-refractivity contribution < 1.29 is 9.47 Å². The van der Waals surface area contributed by atoms with Crippen molar-refractivity contribution >= 4 is 5.84 Å². The van der Waals surface area contributed by atoms with Crippen molar-refractivity contribution in [3.05, 3.63) is 52.2 Å². The van der Waals surface area contributed by atoms with Gasteiger partial charge in [0.2, 0.25) is 0 Å². The molecule has 10 nitrogen and oxygen atoms in total. The zero-order chi connectivity index (χ0) is 26.8. The Bertz CT molecular complexity index is 1030. The Morgan fingerprint density at radius 3 is 2.73 bits per heavy atom. The first-order valence-corrected chi connectivity index (χ1v) is 13.0. The summed E-state index contributed by atoms with van der Waals surface area (Å²) < 4.78 is 13.5. The Kier molecular flexibility index (Phi) is 10.6. The fourth-order valence-electron chi connectivity index (χ4n) is 4.60. The quantitative estimate of drug-likeness (QED) is 0.255. The summed E-state index contributed by atoms with van der Waals surface area (Å²) in [5.41, 5.74) is 3.11. The lowest BCUT2D eigenvalue weighted by atomic mass is 10.1. The van der Waals surface area contributed by atoms with Crippen LogP contribution in [-0.2, 0) is 23.4 Å². The van der Waals surface area contributed by atoms with Gasteiger partial charge in [0.15, 0.2) is 0 Å². The zero-order valence-corrected chi connectivity index (χ0v) is 23.2. The molecular weight excluding hydrogens is 470 g/mol. The second kappa shape index (κ2) is 13.6. The minimum atomic E-state index is -0.443. The molecule has 1 fully saturated rings. The topological polar surface area (TPSA) is 105 Å². The minimum Gasteiger partial charge on any atom is -0.491 e. The molecule has 1 saturated heterocycles. The number of amidine groups is 1. The van der Waals surface area contributed by atoms with Crippen LogP contribution in [0, 0.1) is 4.91 Å². The van der Waals surface area contributed by atoms with Crippen LogP contribution in [0.25, 0.3) is 0 Å². The number of nitrogens with zero attached hydrogens (tertiary/aromatic N) is 5. The molecule has 2 aromatic rings. The van der Waals surface area contributed by atoms with E-state index in [0.717, 1.165) is 49.7 Å².